The van der Waals surface area contributed by atoms with Crippen LogP contribution in [-0.2, 0) is 0 Å². The second-order valence-electron chi connectivity index (χ2n) is 4.40. The van der Waals surface area contributed by atoms with E-state index >= 15 is 0 Å². The molecule has 4 unspecified atom stereocenters. The van der Waals surface area contributed by atoms with Crippen molar-refractivity contribution in [1.82, 2.24) is 14.3 Å². The van der Waals surface area contributed by atoms with Gasteiger partial charge in [-0.15, -0.1) is 0 Å². The van der Waals surface area contributed by atoms with Crippen LogP contribution in [0.25, 0.3) is 0 Å². The van der Waals surface area contributed by atoms with Crippen LogP contribution in [0.4, 0.5) is 0 Å². The minimum Gasteiger partial charge on any atom is -0.295 e. The van der Waals surface area contributed by atoms with Crippen molar-refractivity contribution < 1.29 is 4.36 Å². The van der Waals surface area contributed by atoms with Gasteiger partial charge in [0, 0.05) is 26.2 Å². The van der Waals surface area contributed by atoms with E-state index in [2.05, 4.69) is 28.4 Å². The molecule has 4 heterocycles. The van der Waals surface area contributed by atoms with Crippen LogP contribution < -0.4 is 0 Å². The smallest absolute Gasteiger partial charge is 0.295 e. The van der Waals surface area contributed by atoms with Gasteiger partial charge in [0.2, 0.25) is 0 Å². The van der Waals surface area contributed by atoms with Gasteiger partial charge in [0.15, 0.2) is 0 Å². The van der Waals surface area contributed by atoms with Crippen molar-refractivity contribution in [1.29, 1.82) is 0 Å². The largest absolute Gasteiger partial charge is 0.339 e. The minimum atomic E-state index is 0.0400. The monoisotopic (exact) mass is 201 g/mol. The molecule has 0 saturated carbocycles. The zero-order valence-electron chi connectivity index (χ0n) is 8.48. The third kappa shape index (κ3) is 1.10. The molecule has 5 heteroatoms. The summed E-state index contributed by atoms with van der Waals surface area (Å²) in [7, 11) is 4.73. The number of nitrogens with zero attached hydrogens (tertiary/aromatic N) is 4. The number of rotatable bonds is 0. The molecule has 0 aliphatic carbocycles. The molecule has 4 aliphatic rings. The Morgan fingerprint density at radius 1 is 1.08 bits per heavy atom. The number of quaternary nitrogens is 1. The summed E-state index contributed by atoms with van der Waals surface area (Å²) in [5, 5.41) is 0. The van der Waals surface area contributed by atoms with Crippen LogP contribution in [0.2, 0.25) is 0 Å². The highest BCUT2D eigenvalue weighted by Crippen LogP contribution is 2.71. The molecule has 0 aromatic rings. The molecule has 0 spiro atoms. The number of hydrogen-bond donors (Lipinski definition) is 0. The Morgan fingerprint density at radius 2 is 1.85 bits per heavy atom. The van der Waals surface area contributed by atoms with E-state index in [4.69, 9.17) is 0 Å². The van der Waals surface area contributed by atoms with Crippen LogP contribution in [-0.4, -0.2) is 72.1 Å². The molecule has 4 saturated heterocycles. The number of fused-ring (bicyclic) bond motifs is 4. The highest BCUT2D eigenvalue weighted by molar-refractivity contribution is 7.51. The molecule has 0 aromatic carbocycles. The first kappa shape index (κ1) is 8.57. The van der Waals surface area contributed by atoms with E-state index in [1.54, 1.807) is 0 Å². The summed E-state index contributed by atoms with van der Waals surface area (Å²) in [6.07, 6.45) is 0. The van der Waals surface area contributed by atoms with Gasteiger partial charge >= 0.3 is 8.37 Å². The maximum atomic E-state index is 2.68. The van der Waals surface area contributed by atoms with Crippen molar-refractivity contribution in [2.45, 2.75) is 0 Å². The maximum Gasteiger partial charge on any atom is 0.339 e. The molecule has 4 fully saturated rings. The van der Waals surface area contributed by atoms with Crippen molar-refractivity contribution in [3.05, 3.63) is 0 Å². The molecule has 4 bridgehead atoms. The average molecular weight is 201 g/mol. The molecule has 0 aromatic heterocycles. The number of hydrogen-bond acceptors (Lipinski definition) is 3. The fourth-order valence-electron chi connectivity index (χ4n) is 2.61. The molecule has 0 radical (unpaired) electrons. The SMILES string of the molecule is CN1CCN2CCN3P1[N+]3(C)CC2. The van der Waals surface area contributed by atoms with Crippen LogP contribution in [0, 0.1) is 0 Å². The molecule has 0 amide bonds. The predicted molar refractivity (Wildman–Crippen MR) is 53.7 cm³/mol. The van der Waals surface area contributed by atoms with Crippen molar-refractivity contribution in [2.75, 3.05) is 53.4 Å². The summed E-state index contributed by atoms with van der Waals surface area (Å²) in [6, 6.07) is 0. The number of likely N-dealkylation sites (N-methyl/N-ethyl adjacent to an activating group) is 2. The van der Waals surface area contributed by atoms with E-state index in [0.717, 1.165) is 0 Å². The van der Waals surface area contributed by atoms with Crippen LogP contribution in [0.3, 0.4) is 0 Å². The summed E-state index contributed by atoms with van der Waals surface area (Å²) in [5.41, 5.74) is 0. The Kier molecular flexibility index (Phi) is 1.74. The molecular formula is C8H18N4P+. The Morgan fingerprint density at radius 3 is 2.69 bits per heavy atom. The Balaban J connectivity index is 1.89. The lowest BCUT2D eigenvalue weighted by Crippen LogP contribution is -2.39. The van der Waals surface area contributed by atoms with E-state index in [0.29, 0.717) is 0 Å². The summed E-state index contributed by atoms with van der Waals surface area (Å²) < 4.78 is 6.48. The molecule has 4 nitrogen and oxygen atoms in total. The standard InChI is InChI=1S/C8H18N4P/c1-9-3-4-10-5-6-11-12(2,8-7-10)13(9)11/h3-8H2,1-2H3/q+1. The van der Waals surface area contributed by atoms with E-state index in [1.807, 2.05) is 0 Å². The summed E-state index contributed by atoms with van der Waals surface area (Å²) >= 11 is 0. The lowest BCUT2D eigenvalue weighted by molar-refractivity contribution is -0.803. The Hall–Kier alpha value is 0.270. The van der Waals surface area contributed by atoms with E-state index in [9.17, 15) is 0 Å². The highest BCUT2D eigenvalue weighted by atomic mass is 31.2. The minimum absolute atomic E-state index is 0.0400. The first-order valence-electron chi connectivity index (χ1n) is 5.09. The first-order valence-corrected chi connectivity index (χ1v) is 6.29. The fraction of sp³-hybridized carbons (Fsp3) is 1.00. The molecular weight excluding hydrogens is 183 g/mol. The molecule has 4 aliphatic heterocycles. The quantitative estimate of drug-likeness (QED) is 0.408. The second kappa shape index (κ2) is 2.65. The van der Waals surface area contributed by atoms with Gasteiger partial charge in [0.1, 0.15) is 6.54 Å². The molecule has 13 heavy (non-hydrogen) atoms. The van der Waals surface area contributed by atoms with Gasteiger partial charge in [-0.1, -0.05) is 4.78 Å². The topological polar surface area (TPSA) is 9.49 Å². The van der Waals surface area contributed by atoms with E-state index in [1.165, 1.54) is 43.6 Å². The van der Waals surface area contributed by atoms with Crippen molar-refractivity contribution >= 4 is 8.37 Å². The van der Waals surface area contributed by atoms with Gasteiger partial charge in [-0.2, -0.15) is 4.36 Å². The second-order valence-corrected chi connectivity index (χ2v) is 6.94. The molecule has 0 N–H and O–H groups in total. The van der Waals surface area contributed by atoms with Gasteiger partial charge in [-0.05, 0) is 7.05 Å². The molecule has 74 valence electrons. The zero-order valence-corrected chi connectivity index (χ0v) is 9.37. The summed E-state index contributed by atoms with van der Waals surface area (Å²) in [5.74, 6) is 0. The highest BCUT2D eigenvalue weighted by Gasteiger charge is 2.68. The van der Waals surface area contributed by atoms with Gasteiger partial charge in [0.25, 0.3) is 0 Å². The normalized spacial score (nSPS) is 55.4. The van der Waals surface area contributed by atoms with E-state index < -0.39 is 0 Å². The van der Waals surface area contributed by atoms with Crippen LogP contribution >= 0.6 is 8.37 Å². The van der Waals surface area contributed by atoms with Crippen LogP contribution in [0.5, 0.6) is 0 Å². The van der Waals surface area contributed by atoms with Gasteiger partial charge in [-0.3, -0.25) is 4.90 Å². The molecule has 4 rings (SSSR count). The lowest BCUT2D eigenvalue weighted by Gasteiger charge is -2.26. The maximum absolute atomic E-state index is 2.68. The summed E-state index contributed by atoms with van der Waals surface area (Å²) in [4.78, 5) is 2.61. The lowest BCUT2D eigenvalue weighted by atomic mass is 10.4. The van der Waals surface area contributed by atoms with Gasteiger partial charge in [-0.25, -0.2) is 4.67 Å². The van der Waals surface area contributed by atoms with Gasteiger partial charge < -0.3 is 0 Å². The Bertz CT molecular complexity index is 234. The third-order valence-electron chi connectivity index (χ3n) is 3.56. The third-order valence-corrected chi connectivity index (χ3v) is 6.41. The van der Waals surface area contributed by atoms with Crippen molar-refractivity contribution in [3.8, 4) is 0 Å². The van der Waals surface area contributed by atoms with Crippen LogP contribution in [0.1, 0.15) is 0 Å². The first-order chi connectivity index (χ1) is 6.22. The van der Waals surface area contributed by atoms with E-state index in [-0.39, 0.29) is 8.37 Å². The van der Waals surface area contributed by atoms with Crippen LogP contribution in [0.15, 0.2) is 0 Å². The van der Waals surface area contributed by atoms with Crippen molar-refractivity contribution in [2.24, 2.45) is 0 Å². The molecule has 4 atom stereocenters. The zero-order chi connectivity index (χ0) is 9.05. The predicted octanol–water partition coefficient (Wildman–Crippen LogP) is 0.151. The van der Waals surface area contributed by atoms with Crippen molar-refractivity contribution in [3.63, 3.8) is 0 Å². The summed E-state index contributed by atoms with van der Waals surface area (Å²) in [6.45, 7) is 7.75. The van der Waals surface area contributed by atoms with Gasteiger partial charge in [0.05, 0.1) is 13.6 Å². The Labute approximate surface area is 81.2 Å². The average Bonchev–Trinajstić information content (AvgIpc) is 2.66. The fourth-order valence-corrected chi connectivity index (χ4v) is 5.35.